The number of rotatable bonds is 12. The predicted molar refractivity (Wildman–Crippen MR) is 153 cm³/mol. The Balaban J connectivity index is 1.35. The highest BCUT2D eigenvalue weighted by Crippen LogP contribution is 2.39. The van der Waals surface area contributed by atoms with Crippen molar-refractivity contribution in [3.05, 3.63) is 95.1 Å². The van der Waals surface area contributed by atoms with Crippen LogP contribution in [0.5, 0.6) is 46.0 Å². The summed E-state index contributed by atoms with van der Waals surface area (Å²) >= 11 is 0. The molecule has 208 valence electrons. The molecule has 0 saturated heterocycles. The lowest BCUT2D eigenvalue weighted by atomic mass is 10.0. The Hall–Kier alpha value is -4.52. The van der Waals surface area contributed by atoms with E-state index in [1.165, 1.54) is 11.1 Å². The summed E-state index contributed by atoms with van der Waals surface area (Å²) in [4.78, 5) is 0. The highest BCUT2D eigenvalue weighted by atomic mass is 16.7. The van der Waals surface area contributed by atoms with Gasteiger partial charge in [0, 0.05) is 12.1 Å². The van der Waals surface area contributed by atoms with E-state index in [0.29, 0.717) is 17.2 Å². The molecule has 1 aliphatic rings. The monoisotopic (exact) mass is 542 g/mol. The first-order valence-corrected chi connectivity index (χ1v) is 13.2. The van der Waals surface area contributed by atoms with Crippen molar-refractivity contribution in [1.82, 2.24) is 0 Å². The van der Waals surface area contributed by atoms with E-state index >= 15 is 0 Å². The molecule has 0 saturated carbocycles. The second-order valence-corrected chi connectivity index (χ2v) is 9.47. The molecule has 5 rings (SSSR count). The summed E-state index contributed by atoms with van der Waals surface area (Å²) in [6.45, 7) is 0.271. The molecular formula is C33H34O7. The maximum absolute atomic E-state index is 6.41. The van der Waals surface area contributed by atoms with Gasteiger partial charge in [0.2, 0.25) is 6.79 Å². The molecular weight excluding hydrogens is 508 g/mol. The van der Waals surface area contributed by atoms with Gasteiger partial charge in [0.05, 0.1) is 28.4 Å². The summed E-state index contributed by atoms with van der Waals surface area (Å²) in [7, 11) is 6.63. The van der Waals surface area contributed by atoms with Crippen molar-refractivity contribution >= 4 is 0 Å². The molecule has 7 nitrogen and oxygen atoms in total. The van der Waals surface area contributed by atoms with Gasteiger partial charge in [-0.2, -0.15) is 0 Å². The molecule has 4 aromatic rings. The summed E-state index contributed by atoms with van der Waals surface area (Å²) in [6, 6.07) is 24.0. The molecule has 0 unspecified atom stereocenters. The smallest absolute Gasteiger partial charge is 0.231 e. The highest BCUT2D eigenvalue weighted by Gasteiger charge is 2.16. The van der Waals surface area contributed by atoms with E-state index in [2.05, 4.69) is 18.2 Å². The molecule has 1 aliphatic heterocycles. The number of ether oxygens (including phenoxy) is 7. The molecule has 0 amide bonds. The molecule has 0 radical (unpaired) electrons. The number of benzene rings is 4. The van der Waals surface area contributed by atoms with Crippen LogP contribution >= 0.6 is 0 Å². The fourth-order valence-electron chi connectivity index (χ4n) is 4.78. The minimum atomic E-state index is 0.271. The van der Waals surface area contributed by atoms with Crippen molar-refractivity contribution in [3.63, 3.8) is 0 Å². The first-order valence-electron chi connectivity index (χ1n) is 13.2. The van der Waals surface area contributed by atoms with Crippen LogP contribution in [-0.2, 0) is 25.7 Å². The fraction of sp³-hybridized carbons (Fsp3) is 0.273. The van der Waals surface area contributed by atoms with Crippen molar-refractivity contribution in [2.24, 2.45) is 0 Å². The molecule has 0 fully saturated rings. The van der Waals surface area contributed by atoms with Gasteiger partial charge in [0.25, 0.3) is 0 Å². The number of methoxy groups -OCH3 is 4. The van der Waals surface area contributed by atoms with Crippen LogP contribution in [0.4, 0.5) is 0 Å². The molecule has 0 aromatic heterocycles. The molecule has 1 heterocycles. The molecule has 0 atom stereocenters. The molecule has 7 heteroatoms. The van der Waals surface area contributed by atoms with Gasteiger partial charge in [-0.05, 0) is 90.4 Å². The lowest BCUT2D eigenvalue weighted by molar-refractivity contribution is 0.174. The van der Waals surface area contributed by atoms with Crippen LogP contribution in [0, 0.1) is 0 Å². The Morgan fingerprint density at radius 1 is 0.525 bits per heavy atom. The van der Waals surface area contributed by atoms with Crippen LogP contribution in [0.2, 0.25) is 0 Å². The van der Waals surface area contributed by atoms with Crippen molar-refractivity contribution < 1.29 is 33.2 Å². The number of fused-ring (bicyclic) bond motifs is 1. The quantitative estimate of drug-likeness (QED) is 0.195. The minimum absolute atomic E-state index is 0.271. The summed E-state index contributed by atoms with van der Waals surface area (Å²) in [5.41, 5.74) is 4.47. The molecule has 0 aliphatic carbocycles. The molecule has 0 N–H and O–H groups in total. The number of aryl methyl sites for hydroxylation is 4. The van der Waals surface area contributed by atoms with E-state index in [-0.39, 0.29) is 6.79 Å². The van der Waals surface area contributed by atoms with E-state index in [0.717, 1.165) is 65.6 Å². The second-order valence-electron chi connectivity index (χ2n) is 9.47. The number of hydrogen-bond acceptors (Lipinski definition) is 7. The molecule has 4 aromatic carbocycles. The standard InChI is InChI=1S/C33H34O7/c1-34-26-7-5-6-22(14-26)10-12-25-18-33(31(37-4)20-30(25)36-3)40-28-16-24(15-27(19-28)35-2)9-8-23-11-13-29-32(17-23)39-21-38-29/h5-7,11,13-20H,8-10,12,21H2,1-4H3. The maximum Gasteiger partial charge on any atom is 0.231 e. The Kier molecular flexibility index (Phi) is 8.50. The maximum atomic E-state index is 6.41. The SMILES string of the molecule is COc1cccc(CCc2cc(Oc3cc(CCc4ccc5c(c4)OCO5)cc(OC)c3)c(OC)cc2OC)c1. The van der Waals surface area contributed by atoms with Gasteiger partial charge >= 0.3 is 0 Å². The Morgan fingerprint density at radius 2 is 1.23 bits per heavy atom. The summed E-state index contributed by atoms with van der Waals surface area (Å²) in [5.74, 6) is 5.77. The van der Waals surface area contributed by atoms with Crippen LogP contribution in [0.1, 0.15) is 22.3 Å². The van der Waals surface area contributed by atoms with Gasteiger partial charge in [-0.15, -0.1) is 0 Å². The van der Waals surface area contributed by atoms with Crippen LogP contribution in [0.3, 0.4) is 0 Å². The third-order valence-corrected chi connectivity index (χ3v) is 6.93. The Bertz CT molecular complexity index is 1460. The predicted octanol–water partition coefficient (Wildman–Crippen LogP) is 6.81. The van der Waals surface area contributed by atoms with Gasteiger partial charge in [-0.25, -0.2) is 0 Å². The largest absolute Gasteiger partial charge is 0.497 e. The van der Waals surface area contributed by atoms with Gasteiger partial charge in [-0.1, -0.05) is 18.2 Å². The second kappa shape index (κ2) is 12.6. The third kappa shape index (κ3) is 6.37. The first-order chi connectivity index (χ1) is 19.6. The van der Waals surface area contributed by atoms with Crippen LogP contribution < -0.4 is 33.2 Å². The summed E-state index contributed by atoms with van der Waals surface area (Å²) < 4.78 is 39.7. The van der Waals surface area contributed by atoms with E-state index in [4.69, 9.17) is 33.2 Å². The minimum Gasteiger partial charge on any atom is -0.497 e. The zero-order valence-electron chi connectivity index (χ0n) is 23.3. The lowest BCUT2D eigenvalue weighted by Crippen LogP contribution is -2.00. The van der Waals surface area contributed by atoms with Crippen molar-refractivity contribution in [2.75, 3.05) is 35.2 Å². The average molecular weight is 543 g/mol. The van der Waals surface area contributed by atoms with E-state index in [1.54, 1.807) is 28.4 Å². The van der Waals surface area contributed by atoms with E-state index in [9.17, 15) is 0 Å². The Morgan fingerprint density at radius 3 is 2.02 bits per heavy atom. The van der Waals surface area contributed by atoms with E-state index in [1.807, 2.05) is 54.6 Å². The normalized spacial score (nSPS) is 11.7. The van der Waals surface area contributed by atoms with Gasteiger partial charge in [0.15, 0.2) is 23.0 Å². The zero-order valence-corrected chi connectivity index (χ0v) is 23.3. The number of hydrogen-bond donors (Lipinski definition) is 0. The van der Waals surface area contributed by atoms with Crippen molar-refractivity contribution in [2.45, 2.75) is 25.7 Å². The third-order valence-electron chi connectivity index (χ3n) is 6.93. The summed E-state index contributed by atoms with van der Waals surface area (Å²) in [6.07, 6.45) is 3.22. The highest BCUT2D eigenvalue weighted by molar-refractivity contribution is 5.53. The zero-order chi connectivity index (χ0) is 27.9. The van der Waals surface area contributed by atoms with Gasteiger partial charge in [-0.3, -0.25) is 0 Å². The van der Waals surface area contributed by atoms with Gasteiger partial charge < -0.3 is 33.2 Å². The van der Waals surface area contributed by atoms with Gasteiger partial charge in [0.1, 0.15) is 23.0 Å². The van der Waals surface area contributed by atoms with Crippen LogP contribution in [-0.4, -0.2) is 35.2 Å². The van der Waals surface area contributed by atoms with Crippen LogP contribution in [0.15, 0.2) is 72.8 Å². The fourth-order valence-corrected chi connectivity index (χ4v) is 4.78. The average Bonchev–Trinajstić information content (AvgIpc) is 3.47. The van der Waals surface area contributed by atoms with Crippen LogP contribution in [0.25, 0.3) is 0 Å². The van der Waals surface area contributed by atoms with E-state index < -0.39 is 0 Å². The summed E-state index contributed by atoms with van der Waals surface area (Å²) in [5, 5.41) is 0. The van der Waals surface area contributed by atoms with Crippen molar-refractivity contribution in [3.8, 4) is 46.0 Å². The lowest BCUT2D eigenvalue weighted by Gasteiger charge is -2.17. The topological polar surface area (TPSA) is 64.6 Å². The molecule has 0 spiro atoms. The Labute approximate surface area is 235 Å². The van der Waals surface area contributed by atoms with Crippen molar-refractivity contribution in [1.29, 1.82) is 0 Å². The molecule has 0 bridgehead atoms. The first kappa shape index (κ1) is 27.1. The molecule has 40 heavy (non-hydrogen) atoms.